The van der Waals surface area contributed by atoms with Crippen molar-refractivity contribution >= 4 is 27.9 Å². The van der Waals surface area contributed by atoms with Crippen LogP contribution in [0.15, 0.2) is 65.8 Å². The first-order chi connectivity index (χ1) is 11.6. The molecule has 0 heterocycles. The van der Waals surface area contributed by atoms with Crippen molar-refractivity contribution in [2.45, 2.75) is 6.92 Å². The van der Waals surface area contributed by atoms with E-state index in [9.17, 15) is 15.2 Å². The number of hydrogen-bond acceptors (Lipinski definition) is 5. The molecule has 0 radical (unpaired) electrons. The number of hydrazone groups is 1. The molecule has 0 unspecified atom stereocenters. The lowest BCUT2D eigenvalue weighted by molar-refractivity contribution is -0.384. The second-order valence-electron chi connectivity index (χ2n) is 5.30. The number of rotatable bonds is 4. The van der Waals surface area contributed by atoms with E-state index >= 15 is 0 Å². The summed E-state index contributed by atoms with van der Waals surface area (Å²) in [4.78, 5) is 10.2. The Kier molecular flexibility index (Phi) is 4.11. The van der Waals surface area contributed by atoms with Crippen LogP contribution in [0, 0.1) is 10.1 Å². The average Bonchev–Trinajstić information content (AvgIpc) is 2.60. The molecule has 0 aliphatic carbocycles. The van der Waals surface area contributed by atoms with Gasteiger partial charge in [-0.2, -0.15) is 5.10 Å². The average molecular weight is 321 g/mol. The van der Waals surface area contributed by atoms with E-state index in [4.69, 9.17) is 0 Å². The van der Waals surface area contributed by atoms with E-state index in [2.05, 4.69) is 10.5 Å². The van der Waals surface area contributed by atoms with E-state index in [0.717, 1.165) is 10.8 Å². The molecule has 0 saturated heterocycles. The van der Waals surface area contributed by atoms with E-state index in [1.165, 1.54) is 12.1 Å². The van der Waals surface area contributed by atoms with Gasteiger partial charge in [-0.25, -0.2) is 0 Å². The molecule has 0 aliphatic heterocycles. The van der Waals surface area contributed by atoms with Crippen LogP contribution in [0.1, 0.15) is 12.5 Å². The van der Waals surface area contributed by atoms with Crippen molar-refractivity contribution in [3.63, 3.8) is 0 Å². The highest BCUT2D eigenvalue weighted by Gasteiger charge is 2.09. The maximum atomic E-state index is 10.6. The van der Waals surface area contributed by atoms with Crippen LogP contribution in [-0.4, -0.2) is 15.7 Å². The van der Waals surface area contributed by atoms with Crippen molar-refractivity contribution in [1.29, 1.82) is 0 Å². The van der Waals surface area contributed by atoms with Gasteiger partial charge in [-0.3, -0.25) is 15.5 Å². The van der Waals surface area contributed by atoms with Gasteiger partial charge in [-0.1, -0.05) is 30.3 Å². The zero-order valence-electron chi connectivity index (χ0n) is 12.9. The van der Waals surface area contributed by atoms with E-state index in [1.807, 2.05) is 36.4 Å². The number of anilines is 1. The van der Waals surface area contributed by atoms with E-state index in [-0.39, 0.29) is 11.4 Å². The molecule has 0 atom stereocenters. The van der Waals surface area contributed by atoms with Crippen molar-refractivity contribution in [1.82, 2.24) is 0 Å². The molecule has 6 heteroatoms. The SMILES string of the molecule is C/C(=N\Nc1ccc([N+](=O)[O-])cc1)c1ccc2ccccc2c1O. The molecule has 6 nitrogen and oxygen atoms in total. The lowest BCUT2D eigenvalue weighted by Crippen LogP contribution is -2.00. The molecule has 0 aromatic heterocycles. The van der Waals surface area contributed by atoms with Crippen molar-refractivity contribution < 1.29 is 10.0 Å². The Morgan fingerprint density at radius 3 is 2.50 bits per heavy atom. The fraction of sp³-hybridized carbons (Fsp3) is 0.0556. The Morgan fingerprint density at radius 2 is 1.79 bits per heavy atom. The highest BCUT2D eigenvalue weighted by atomic mass is 16.6. The summed E-state index contributed by atoms with van der Waals surface area (Å²) in [5, 5.41) is 27.0. The normalized spacial score (nSPS) is 11.5. The number of non-ortho nitro benzene ring substituents is 1. The second kappa shape index (κ2) is 6.37. The molecule has 0 bridgehead atoms. The number of phenols is 1. The molecule has 3 aromatic carbocycles. The van der Waals surface area contributed by atoms with Gasteiger partial charge in [0.05, 0.1) is 16.3 Å². The number of fused-ring (bicyclic) bond motifs is 1. The number of nitrogens with one attached hydrogen (secondary N) is 1. The zero-order valence-corrected chi connectivity index (χ0v) is 12.9. The van der Waals surface area contributed by atoms with Crippen molar-refractivity contribution in [3.05, 3.63) is 76.3 Å². The third-order valence-electron chi connectivity index (χ3n) is 3.72. The van der Waals surface area contributed by atoms with Gasteiger partial charge in [0.1, 0.15) is 5.75 Å². The van der Waals surface area contributed by atoms with Gasteiger partial charge < -0.3 is 5.11 Å². The maximum absolute atomic E-state index is 10.6. The molecular formula is C18H15N3O3. The number of aromatic hydroxyl groups is 1. The van der Waals surface area contributed by atoms with Crippen LogP contribution >= 0.6 is 0 Å². The molecular weight excluding hydrogens is 306 g/mol. The van der Waals surface area contributed by atoms with Gasteiger partial charge in [0.25, 0.3) is 5.69 Å². The lowest BCUT2D eigenvalue weighted by Gasteiger charge is -2.08. The number of nitro groups is 1. The van der Waals surface area contributed by atoms with Crippen LogP contribution < -0.4 is 5.43 Å². The minimum Gasteiger partial charge on any atom is -0.507 e. The third kappa shape index (κ3) is 3.03. The van der Waals surface area contributed by atoms with Crippen LogP contribution in [0.4, 0.5) is 11.4 Å². The third-order valence-corrected chi connectivity index (χ3v) is 3.72. The minimum absolute atomic E-state index is 0.0217. The summed E-state index contributed by atoms with van der Waals surface area (Å²) in [6.45, 7) is 1.78. The van der Waals surface area contributed by atoms with Gasteiger partial charge in [-0.15, -0.1) is 0 Å². The summed E-state index contributed by atoms with van der Waals surface area (Å²) >= 11 is 0. The van der Waals surface area contributed by atoms with Gasteiger partial charge in [0.2, 0.25) is 0 Å². The van der Waals surface area contributed by atoms with Crippen molar-refractivity contribution in [3.8, 4) is 5.75 Å². The van der Waals surface area contributed by atoms with E-state index < -0.39 is 4.92 Å². The molecule has 0 fully saturated rings. The van der Waals surface area contributed by atoms with Crippen LogP contribution in [0.3, 0.4) is 0 Å². The largest absolute Gasteiger partial charge is 0.507 e. The van der Waals surface area contributed by atoms with Crippen LogP contribution in [0.5, 0.6) is 5.75 Å². The fourth-order valence-electron chi connectivity index (χ4n) is 2.41. The van der Waals surface area contributed by atoms with E-state index in [1.54, 1.807) is 19.1 Å². The quantitative estimate of drug-likeness (QED) is 0.426. The number of benzene rings is 3. The van der Waals surface area contributed by atoms with Gasteiger partial charge in [0, 0.05) is 23.1 Å². The highest BCUT2D eigenvalue weighted by molar-refractivity contribution is 6.06. The number of hydrogen-bond donors (Lipinski definition) is 2. The number of nitrogens with zero attached hydrogens (tertiary/aromatic N) is 2. The summed E-state index contributed by atoms with van der Waals surface area (Å²) in [6, 6.07) is 17.3. The van der Waals surface area contributed by atoms with Crippen LogP contribution in [0.25, 0.3) is 10.8 Å². The van der Waals surface area contributed by atoms with Crippen LogP contribution in [-0.2, 0) is 0 Å². The molecule has 0 aliphatic rings. The lowest BCUT2D eigenvalue weighted by atomic mass is 10.0. The highest BCUT2D eigenvalue weighted by Crippen LogP contribution is 2.29. The Hall–Kier alpha value is -3.41. The molecule has 0 amide bonds. The standard InChI is InChI=1S/C18H15N3O3/c1-12(19-20-14-7-9-15(10-8-14)21(23)24)16-11-6-13-4-2-3-5-17(13)18(16)22/h2-11,20,22H,1H3/b19-12+. The first-order valence-electron chi connectivity index (χ1n) is 7.32. The summed E-state index contributed by atoms with van der Waals surface area (Å²) in [5.41, 5.74) is 4.72. The Bertz CT molecular complexity index is 934. The first kappa shape index (κ1) is 15.5. The molecule has 3 rings (SSSR count). The van der Waals surface area contributed by atoms with Gasteiger partial charge in [0.15, 0.2) is 0 Å². The summed E-state index contributed by atoms with van der Waals surface area (Å²) in [6.07, 6.45) is 0. The molecule has 3 aromatic rings. The summed E-state index contributed by atoms with van der Waals surface area (Å²) in [5.74, 6) is 0.180. The van der Waals surface area contributed by atoms with Crippen molar-refractivity contribution in [2.75, 3.05) is 5.43 Å². The molecule has 0 saturated carbocycles. The molecule has 0 spiro atoms. The summed E-state index contributed by atoms with van der Waals surface area (Å²) in [7, 11) is 0. The monoisotopic (exact) mass is 321 g/mol. The molecule has 120 valence electrons. The number of nitro benzene ring substituents is 1. The second-order valence-corrected chi connectivity index (χ2v) is 5.30. The minimum atomic E-state index is -0.453. The predicted octanol–water partition coefficient (Wildman–Crippen LogP) is 4.29. The van der Waals surface area contributed by atoms with E-state index in [0.29, 0.717) is 17.0 Å². The van der Waals surface area contributed by atoms with Gasteiger partial charge >= 0.3 is 0 Å². The molecule has 2 N–H and O–H groups in total. The topological polar surface area (TPSA) is 87.8 Å². The zero-order chi connectivity index (χ0) is 17.1. The number of phenolic OH excluding ortho intramolecular Hbond substituents is 1. The predicted molar refractivity (Wildman–Crippen MR) is 94.5 cm³/mol. The molecule has 24 heavy (non-hydrogen) atoms. The Labute approximate surface area is 138 Å². The maximum Gasteiger partial charge on any atom is 0.269 e. The first-order valence-corrected chi connectivity index (χ1v) is 7.32. The van der Waals surface area contributed by atoms with Crippen molar-refractivity contribution in [2.24, 2.45) is 5.10 Å². The fourth-order valence-corrected chi connectivity index (χ4v) is 2.41. The van der Waals surface area contributed by atoms with Gasteiger partial charge in [-0.05, 0) is 30.5 Å². The Balaban J connectivity index is 1.85. The van der Waals surface area contributed by atoms with Crippen LogP contribution in [0.2, 0.25) is 0 Å². The summed E-state index contributed by atoms with van der Waals surface area (Å²) < 4.78 is 0. The smallest absolute Gasteiger partial charge is 0.269 e. The Morgan fingerprint density at radius 1 is 1.08 bits per heavy atom.